The van der Waals surface area contributed by atoms with Gasteiger partial charge in [-0.3, -0.25) is 4.79 Å². The Morgan fingerprint density at radius 1 is 1.67 bits per heavy atom. The molecule has 0 heterocycles. The van der Waals surface area contributed by atoms with E-state index in [-0.39, 0.29) is 6.61 Å². The molecule has 0 bridgehead atoms. The van der Waals surface area contributed by atoms with Crippen molar-refractivity contribution in [1.82, 2.24) is 0 Å². The van der Waals surface area contributed by atoms with Crippen molar-refractivity contribution in [3.8, 4) is 0 Å². The zero-order valence-electron chi connectivity index (χ0n) is 6.98. The first-order valence-corrected chi connectivity index (χ1v) is 3.50. The second kappa shape index (κ2) is 5.34. The van der Waals surface area contributed by atoms with Gasteiger partial charge in [-0.25, -0.2) is 0 Å². The lowest BCUT2D eigenvalue weighted by Crippen LogP contribution is -2.23. The van der Waals surface area contributed by atoms with E-state index in [4.69, 9.17) is 0 Å². The fourth-order valence-electron chi connectivity index (χ4n) is 0.614. The molecule has 0 aromatic rings. The third-order valence-corrected chi connectivity index (χ3v) is 1.15. The Hall–Kier alpha value is -1.33. The average Bonchev–Trinajstić information content (AvgIpc) is 1.97. The first kappa shape index (κ1) is 10.7. The Labute approximate surface area is 69.6 Å². The first-order chi connectivity index (χ1) is 5.56. The minimum Gasteiger partial charge on any atom is -0.461 e. The molecule has 0 aliphatic carbocycles. The van der Waals surface area contributed by atoms with Gasteiger partial charge in [0, 0.05) is 6.92 Å². The summed E-state index contributed by atoms with van der Waals surface area (Å²) in [4.78, 5) is 24.2. The maximum Gasteiger partial charge on any atom is 0.302 e. The fraction of sp³-hybridized carbons (Fsp3) is 0.833. The van der Waals surface area contributed by atoms with Crippen molar-refractivity contribution in [2.24, 2.45) is 0 Å². The van der Waals surface area contributed by atoms with E-state index in [0.29, 0.717) is 6.42 Å². The van der Waals surface area contributed by atoms with Crippen LogP contribution in [0.1, 0.15) is 20.3 Å². The summed E-state index contributed by atoms with van der Waals surface area (Å²) in [6, 6.07) is 0. The van der Waals surface area contributed by atoms with E-state index >= 15 is 0 Å². The highest BCUT2D eigenvalue weighted by Crippen LogP contribution is 1.99. The molecule has 0 rings (SSSR count). The highest BCUT2D eigenvalue weighted by molar-refractivity contribution is 5.66. The van der Waals surface area contributed by atoms with Crippen molar-refractivity contribution in [3.63, 3.8) is 0 Å². The summed E-state index contributed by atoms with van der Waals surface area (Å²) in [5.74, 6) is -0.464. The lowest BCUT2D eigenvalue weighted by Gasteiger charge is -2.12. The molecule has 12 heavy (non-hydrogen) atoms. The topological polar surface area (TPSA) is 78.7 Å². The number of carbonyl (C=O) groups excluding carboxylic acids is 1. The predicted molar refractivity (Wildman–Crippen MR) is 38.8 cm³/mol. The maximum atomic E-state index is 10.4. The Morgan fingerprint density at radius 2 is 2.25 bits per heavy atom. The van der Waals surface area contributed by atoms with Gasteiger partial charge in [0.05, 0.1) is 0 Å². The van der Waals surface area contributed by atoms with Gasteiger partial charge in [-0.1, -0.05) is 6.92 Å². The van der Waals surface area contributed by atoms with Crippen LogP contribution in [0.15, 0.2) is 0 Å². The number of hydrogen-bond acceptors (Lipinski definition) is 5. The van der Waals surface area contributed by atoms with Crippen LogP contribution in [-0.2, 0) is 14.4 Å². The SMILES string of the molecule is CCC(CO[N+](=O)[O-])OC(C)=O. The van der Waals surface area contributed by atoms with Gasteiger partial charge < -0.3 is 9.57 Å². The van der Waals surface area contributed by atoms with Crippen molar-refractivity contribution in [1.29, 1.82) is 0 Å². The summed E-state index contributed by atoms with van der Waals surface area (Å²) < 4.78 is 4.68. The summed E-state index contributed by atoms with van der Waals surface area (Å²) in [6.07, 6.45) is -0.0409. The number of nitrogens with zero attached hydrogens (tertiary/aromatic N) is 1. The largest absolute Gasteiger partial charge is 0.461 e. The molecule has 0 aliphatic rings. The molecule has 70 valence electrons. The lowest BCUT2D eigenvalue weighted by molar-refractivity contribution is -0.759. The van der Waals surface area contributed by atoms with Crippen LogP contribution in [0.2, 0.25) is 0 Å². The van der Waals surface area contributed by atoms with Gasteiger partial charge in [-0.2, -0.15) is 0 Å². The molecule has 0 fully saturated rings. The van der Waals surface area contributed by atoms with E-state index in [9.17, 15) is 14.9 Å². The molecule has 1 unspecified atom stereocenters. The van der Waals surface area contributed by atoms with Crippen molar-refractivity contribution in [3.05, 3.63) is 10.1 Å². The fourth-order valence-corrected chi connectivity index (χ4v) is 0.614. The van der Waals surface area contributed by atoms with Crippen molar-refractivity contribution < 1.29 is 19.5 Å². The minimum atomic E-state index is -0.911. The van der Waals surface area contributed by atoms with E-state index in [1.165, 1.54) is 6.92 Å². The van der Waals surface area contributed by atoms with Crippen molar-refractivity contribution in [2.45, 2.75) is 26.4 Å². The van der Waals surface area contributed by atoms with Crippen molar-refractivity contribution in [2.75, 3.05) is 6.61 Å². The Balaban J connectivity index is 3.67. The molecular formula is C6H11NO5. The van der Waals surface area contributed by atoms with Gasteiger partial charge in [0.2, 0.25) is 0 Å². The van der Waals surface area contributed by atoms with Crippen LogP contribution in [0.5, 0.6) is 0 Å². The summed E-state index contributed by atoms with van der Waals surface area (Å²) in [7, 11) is 0. The van der Waals surface area contributed by atoms with Crippen molar-refractivity contribution >= 4 is 5.97 Å². The third-order valence-electron chi connectivity index (χ3n) is 1.15. The van der Waals surface area contributed by atoms with Gasteiger partial charge >= 0.3 is 5.97 Å². The molecule has 0 aromatic carbocycles. The molecule has 0 saturated carbocycles. The van der Waals surface area contributed by atoms with Crippen LogP contribution in [0.3, 0.4) is 0 Å². The molecule has 0 N–H and O–H groups in total. The maximum absolute atomic E-state index is 10.4. The number of hydrogen-bond donors (Lipinski definition) is 0. The van der Waals surface area contributed by atoms with Gasteiger partial charge in [-0.15, -0.1) is 10.1 Å². The quantitative estimate of drug-likeness (QED) is 0.348. The zero-order valence-corrected chi connectivity index (χ0v) is 6.98. The van der Waals surface area contributed by atoms with E-state index in [1.54, 1.807) is 6.92 Å². The molecule has 0 aromatic heterocycles. The third kappa shape index (κ3) is 5.45. The van der Waals surface area contributed by atoms with Gasteiger partial charge in [0.15, 0.2) is 0 Å². The average molecular weight is 177 g/mol. The van der Waals surface area contributed by atoms with Gasteiger partial charge in [0.1, 0.15) is 12.7 Å². The summed E-state index contributed by atoms with van der Waals surface area (Å²) in [5, 5.41) is 8.84. The van der Waals surface area contributed by atoms with Crippen LogP contribution >= 0.6 is 0 Å². The molecule has 1 atom stereocenters. The molecule has 0 amide bonds. The Morgan fingerprint density at radius 3 is 2.58 bits per heavy atom. The normalized spacial score (nSPS) is 11.8. The number of carbonyl (C=O) groups is 1. The van der Waals surface area contributed by atoms with Crippen LogP contribution in [0, 0.1) is 10.1 Å². The highest BCUT2D eigenvalue weighted by atomic mass is 17.0. The van der Waals surface area contributed by atoms with Crippen LogP contribution in [0.25, 0.3) is 0 Å². The summed E-state index contributed by atoms with van der Waals surface area (Å²) in [6.45, 7) is 2.79. The van der Waals surface area contributed by atoms with Crippen LogP contribution in [-0.4, -0.2) is 23.8 Å². The first-order valence-electron chi connectivity index (χ1n) is 3.50. The zero-order chi connectivity index (χ0) is 9.56. The van der Waals surface area contributed by atoms with E-state index in [0.717, 1.165) is 0 Å². The molecule has 0 saturated heterocycles. The van der Waals surface area contributed by atoms with E-state index in [1.807, 2.05) is 0 Å². The Kier molecular flexibility index (Phi) is 4.75. The van der Waals surface area contributed by atoms with Crippen LogP contribution < -0.4 is 0 Å². The minimum absolute atomic E-state index is 0.205. The smallest absolute Gasteiger partial charge is 0.302 e. The molecule has 0 aliphatic heterocycles. The van der Waals surface area contributed by atoms with E-state index in [2.05, 4.69) is 9.57 Å². The number of rotatable bonds is 5. The van der Waals surface area contributed by atoms with Gasteiger partial charge in [-0.05, 0) is 6.42 Å². The number of esters is 1. The second-order valence-corrected chi connectivity index (χ2v) is 2.16. The van der Waals surface area contributed by atoms with E-state index < -0.39 is 17.2 Å². The molecule has 6 nitrogen and oxygen atoms in total. The predicted octanol–water partition coefficient (Wildman–Crippen LogP) is 0.536. The van der Waals surface area contributed by atoms with Crippen LogP contribution in [0.4, 0.5) is 0 Å². The lowest BCUT2D eigenvalue weighted by atomic mass is 10.3. The molecule has 6 heteroatoms. The molecule has 0 spiro atoms. The summed E-state index contributed by atoms with van der Waals surface area (Å²) in [5.41, 5.74) is 0. The second-order valence-electron chi connectivity index (χ2n) is 2.16. The van der Waals surface area contributed by atoms with Gasteiger partial charge in [0.25, 0.3) is 5.09 Å². The number of ether oxygens (including phenoxy) is 1. The molecular weight excluding hydrogens is 166 g/mol. The Bertz CT molecular complexity index is 169. The summed E-state index contributed by atoms with van der Waals surface area (Å²) >= 11 is 0. The highest BCUT2D eigenvalue weighted by Gasteiger charge is 2.11. The standard InChI is InChI=1S/C6H11NO5/c1-3-6(12-5(2)8)4-11-7(9)10/h6H,3-4H2,1-2H3. The monoisotopic (exact) mass is 177 g/mol. The molecule has 0 radical (unpaired) electrons.